The van der Waals surface area contributed by atoms with Crippen molar-refractivity contribution in [2.75, 3.05) is 0 Å². The fraction of sp³-hybridized carbons (Fsp3) is 0.0833. The lowest BCUT2D eigenvalue weighted by molar-refractivity contribution is 0.103. The summed E-state index contributed by atoms with van der Waals surface area (Å²) in [6.45, 7) is 1.83. The molecule has 0 N–H and O–H groups in total. The average Bonchev–Trinajstić information content (AvgIpc) is 2.63. The van der Waals surface area contributed by atoms with E-state index in [0.29, 0.717) is 4.88 Å². The molecule has 0 saturated heterocycles. The number of rotatable bonds is 2. The Balaban J connectivity index is 2.51. The molecule has 0 atom stereocenters. The molecule has 17 heavy (non-hydrogen) atoms. The molecule has 88 valence electrons. The highest BCUT2D eigenvalue weighted by Crippen LogP contribution is 2.25. The molecule has 0 aliphatic heterocycles. The van der Waals surface area contributed by atoms with Gasteiger partial charge >= 0.3 is 0 Å². The van der Waals surface area contributed by atoms with Gasteiger partial charge in [-0.05, 0) is 31.2 Å². The van der Waals surface area contributed by atoms with Crippen molar-refractivity contribution < 1.29 is 13.6 Å². The SMILES string of the molecule is Cc1ccc(C(=O)c2c(F)cc(Br)cc2F)s1. The average molecular weight is 317 g/mol. The van der Waals surface area contributed by atoms with Gasteiger partial charge in [0.1, 0.15) is 11.6 Å². The quantitative estimate of drug-likeness (QED) is 0.754. The number of carbonyl (C=O) groups excluding carboxylic acids is 1. The Labute approximate surface area is 109 Å². The Bertz CT molecular complexity index is 569. The van der Waals surface area contributed by atoms with Gasteiger partial charge in [-0.3, -0.25) is 4.79 Å². The molecule has 0 fully saturated rings. The topological polar surface area (TPSA) is 17.1 Å². The third kappa shape index (κ3) is 2.45. The smallest absolute Gasteiger partial charge is 0.208 e. The normalized spacial score (nSPS) is 10.6. The van der Waals surface area contributed by atoms with Crippen LogP contribution in [0.25, 0.3) is 0 Å². The van der Waals surface area contributed by atoms with Crippen LogP contribution in [0.3, 0.4) is 0 Å². The van der Waals surface area contributed by atoms with Crippen LogP contribution in [-0.4, -0.2) is 5.78 Å². The van der Waals surface area contributed by atoms with Crippen molar-refractivity contribution in [3.8, 4) is 0 Å². The number of hydrogen-bond acceptors (Lipinski definition) is 2. The molecular weight excluding hydrogens is 310 g/mol. The van der Waals surface area contributed by atoms with Crippen molar-refractivity contribution >= 4 is 33.0 Å². The Morgan fingerprint density at radius 2 is 1.82 bits per heavy atom. The first-order valence-electron chi connectivity index (χ1n) is 4.74. The molecule has 0 spiro atoms. The fourth-order valence-electron chi connectivity index (χ4n) is 1.44. The molecule has 1 aromatic carbocycles. The minimum Gasteiger partial charge on any atom is -0.287 e. The zero-order chi connectivity index (χ0) is 12.6. The summed E-state index contributed by atoms with van der Waals surface area (Å²) in [4.78, 5) is 13.2. The molecule has 0 aliphatic rings. The predicted molar refractivity (Wildman–Crippen MR) is 66.5 cm³/mol. The van der Waals surface area contributed by atoms with Gasteiger partial charge in [0, 0.05) is 9.35 Å². The van der Waals surface area contributed by atoms with Crippen LogP contribution in [0, 0.1) is 18.6 Å². The van der Waals surface area contributed by atoms with E-state index in [0.717, 1.165) is 17.0 Å². The molecular formula is C12H7BrF2OS. The first-order chi connectivity index (χ1) is 7.99. The molecule has 0 aliphatic carbocycles. The van der Waals surface area contributed by atoms with Crippen LogP contribution in [0.15, 0.2) is 28.7 Å². The first-order valence-corrected chi connectivity index (χ1v) is 6.35. The standard InChI is InChI=1S/C12H7BrF2OS/c1-6-2-3-10(17-6)12(16)11-8(14)4-7(13)5-9(11)15/h2-5H,1H3. The number of benzene rings is 1. The Morgan fingerprint density at radius 1 is 1.24 bits per heavy atom. The summed E-state index contributed by atoms with van der Waals surface area (Å²) >= 11 is 4.19. The van der Waals surface area contributed by atoms with Crippen molar-refractivity contribution in [1.29, 1.82) is 0 Å². The second-order valence-corrected chi connectivity index (χ2v) is 5.69. The summed E-state index contributed by atoms with van der Waals surface area (Å²) < 4.78 is 27.4. The van der Waals surface area contributed by atoms with Gasteiger partial charge in [-0.2, -0.15) is 0 Å². The van der Waals surface area contributed by atoms with E-state index in [1.54, 1.807) is 12.1 Å². The van der Waals surface area contributed by atoms with Crippen LogP contribution >= 0.6 is 27.3 Å². The van der Waals surface area contributed by atoms with E-state index in [1.165, 1.54) is 11.3 Å². The molecule has 1 heterocycles. The number of ketones is 1. The van der Waals surface area contributed by atoms with Crippen molar-refractivity contribution in [1.82, 2.24) is 0 Å². The molecule has 5 heteroatoms. The van der Waals surface area contributed by atoms with E-state index in [-0.39, 0.29) is 4.47 Å². The van der Waals surface area contributed by atoms with Crippen LogP contribution in [-0.2, 0) is 0 Å². The number of thiophene rings is 1. The second kappa shape index (κ2) is 4.66. The van der Waals surface area contributed by atoms with Gasteiger partial charge in [-0.25, -0.2) is 8.78 Å². The van der Waals surface area contributed by atoms with Gasteiger partial charge in [0.15, 0.2) is 0 Å². The van der Waals surface area contributed by atoms with Gasteiger partial charge in [-0.15, -0.1) is 11.3 Å². The van der Waals surface area contributed by atoms with Crippen molar-refractivity contribution in [2.45, 2.75) is 6.92 Å². The zero-order valence-electron chi connectivity index (χ0n) is 8.76. The maximum Gasteiger partial charge on any atom is 0.208 e. The van der Waals surface area contributed by atoms with Crippen LogP contribution < -0.4 is 0 Å². The van der Waals surface area contributed by atoms with Crippen LogP contribution in [0.1, 0.15) is 20.1 Å². The molecule has 1 nitrogen and oxygen atoms in total. The monoisotopic (exact) mass is 316 g/mol. The highest BCUT2D eigenvalue weighted by atomic mass is 79.9. The predicted octanol–water partition coefficient (Wildman–Crippen LogP) is 4.33. The largest absolute Gasteiger partial charge is 0.287 e. The minimum absolute atomic E-state index is 0.270. The molecule has 0 unspecified atom stereocenters. The third-order valence-corrected chi connectivity index (χ3v) is 3.66. The van der Waals surface area contributed by atoms with Crippen LogP contribution in [0.5, 0.6) is 0 Å². The summed E-state index contributed by atoms with van der Waals surface area (Å²) in [5, 5.41) is 0. The minimum atomic E-state index is -0.854. The molecule has 1 aromatic heterocycles. The first kappa shape index (κ1) is 12.4. The molecule has 0 saturated carbocycles. The maximum absolute atomic E-state index is 13.6. The lowest BCUT2D eigenvalue weighted by atomic mass is 10.1. The van der Waals surface area contributed by atoms with E-state index in [2.05, 4.69) is 15.9 Å². The number of halogens is 3. The summed E-state index contributed by atoms with van der Waals surface area (Å²) in [6.07, 6.45) is 0. The second-order valence-electron chi connectivity index (χ2n) is 3.48. The van der Waals surface area contributed by atoms with Crippen molar-refractivity contribution in [3.63, 3.8) is 0 Å². The highest BCUT2D eigenvalue weighted by Gasteiger charge is 2.20. The summed E-state index contributed by atoms with van der Waals surface area (Å²) in [6, 6.07) is 5.48. The van der Waals surface area contributed by atoms with Gasteiger partial charge in [-0.1, -0.05) is 15.9 Å². The summed E-state index contributed by atoms with van der Waals surface area (Å²) in [5.74, 6) is -2.33. The van der Waals surface area contributed by atoms with Crippen molar-refractivity contribution in [3.05, 3.63) is 55.7 Å². The summed E-state index contributed by atoms with van der Waals surface area (Å²) in [7, 11) is 0. The number of carbonyl (C=O) groups is 1. The molecule has 0 bridgehead atoms. The zero-order valence-corrected chi connectivity index (χ0v) is 11.2. The van der Waals surface area contributed by atoms with Gasteiger partial charge < -0.3 is 0 Å². The van der Waals surface area contributed by atoms with E-state index >= 15 is 0 Å². The lowest BCUT2D eigenvalue weighted by Gasteiger charge is -2.03. The lowest BCUT2D eigenvalue weighted by Crippen LogP contribution is -2.05. The van der Waals surface area contributed by atoms with E-state index in [9.17, 15) is 13.6 Å². The molecule has 0 amide bonds. The maximum atomic E-state index is 13.6. The van der Waals surface area contributed by atoms with Crippen molar-refractivity contribution in [2.24, 2.45) is 0 Å². The van der Waals surface area contributed by atoms with Crippen LogP contribution in [0.2, 0.25) is 0 Å². The van der Waals surface area contributed by atoms with Crippen LogP contribution in [0.4, 0.5) is 8.78 Å². The van der Waals surface area contributed by atoms with Gasteiger partial charge in [0.05, 0.1) is 10.4 Å². The summed E-state index contributed by atoms with van der Waals surface area (Å²) in [5.41, 5.74) is -0.505. The fourth-order valence-corrected chi connectivity index (χ4v) is 2.65. The molecule has 0 radical (unpaired) electrons. The molecule has 2 rings (SSSR count). The van der Waals surface area contributed by atoms with E-state index < -0.39 is 23.0 Å². The third-order valence-electron chi connectivity index (χ3n) is 2.20. The molecule has 2 aromatic rings. The van der Waals surface area contributed by atoms with E-state index in [4.69, 9.17) is 0 Å². The highest BCUT2D eigenvalue weighted by molar-refractivity contribution is 9.10. The van der Waals surface area contributed by atoms with Gasteiger partial charge in [0.2, 0.25) is 5.78 Å². The Hall–Kier alpha value is -1.07. The Morgan fingerprint density at radius 3 is 2.29 bits per heavy atom. The number of hydrogen-bond donors (Lipinski definition) is 0. The van der Waals surface area contributed by atoms with Gasteiger partial charge in [0.25, 0.3) is 0 Å². The Kier molecular flexibility index (Phi) is 3.40. The number of aryl methyl sites for hydroxylation is 1. The van der Waals surface area contributed by atoms with E-state index in [1.807, 2.05) is 6.92 Å².